The van der Waals surface area contributed by atoms with Crippen molar-refractivity contribution in [2.45, 2.75) is 6.92 Å². The molecule has 0 spiro atoms. The summed E-state index contributed by atoms with van der Waals surface area (Å²) in [6, 6.07) is 18.5. The number of aromatic nitrogens is 1. The maximum Gasteiger partial charge on any atom is 0.261 e. The summed E-state index contributed by atoms with van der Waals surface area (Å²) < 4.78 is 12.2. The van der Waals surface area contributed by atoms with Crippen LogP contribution >= 0.6 is 28.1 Å². The molecule has 0 unspecified atom stereocenters. The molecule has 4 rings (SSSR count). The van der Waals surface area contributed by atoms with Crippen molar-refractivity contribution in [1.82, 2.24) is 10.3 Å². The van der Waals surface area contributed by atoms with E-state index in [0.29, 0.717) is 34.0 Å². The zero-order valence-corrected chi connectivity index (χ0v) is 19.1. The first kappa shape index (κ1) is 21.0. The van der Waals surface area contributed by atoms with E-state index in [4.69, 9.17) is 21.4 Å². The van der Waals surface area contributed by atoms with E-state index in [0.717, 1.165) is 15.6 Å². The van der Waals surface area contributed by atoms with Gasteiger partial charge in [-0.3, -0.25) is 10.1 Å². The minimum atomic E-state index is -0.349. The smallest absolute Gasteiger partial charge is 0.261 e. The average Bonchev–Trinajstić information content (AvgIpc) is 3.17. The lowest BCUT2D eigenvalue weighted by molar-refractivity contribution is 0.0974. The van der Waals surface area contributed by atoms with E-state index in [-0.39, 0.29) is 11.0 Å². The Bertz CT molecular complexity index is 1290. The maximum absolute atomic E-state index is 12.6. The minimum absolute atomic E-state index is 0.171. The number of benzene rings is 3. The van der Waals surface area contributed by atoms with Gasteiger partial charge in [-0.05, 0) is 73.2 Å². The summed E-state index contributed by atoms with van der Waals surface area (Å²) in [5.41, 5.74) is 4.18. The monoisotopic (exact) mass is 495 g/mol. The number of nitrogens with one attached hydrogen (secondary N) is 2. The standard InChI is InChI=1S/C23H18BrN3O3S/c1-13-4-3-5-17(20(13)29-2)21(28)27-23(31)25-16-10-11-19-18(12-16)26-22(30-19)14-6-8-15(24)9-7-14/h3-12H,1-2H3,(H2,25,27,28,31). The highest BCUT2D eigenvalue weighted by molar-refractivity contribution is 9.10. The first-order chi connectivity index (χ1) is 14.9. The molecule has 0 aliphatic heterocycles. The fraction of sp³-hybridized carbons (Fsp3) is 0.0870. The third-order valence-electron chi connectivity index (χ3n) is 4.62. The van der Waals surface area contributed by atoms with Crippen molar-refractivity contribution in [3.63, 3.8) is 0 Å². The molecule has 2 N–H and O–H groups in total. The van der Waals surface area contributed by atoms with Crippen molar-refractivity contribution in [2.75, 3.05) is 12.4 Å². The Morgan fingerprint density at radius 2 is 1.90 bits per heavy atom. The highest BCUT2D eigenvalue weighted by Crippen LogP contribution is 2.27. The third-order valence-corrected chi connectivity index (χ3v) is 5.36. The molecule has 6 nitrogen and oxygen atoms in total. The summed E-state index contributed by atoms with van der Waals surface area (Å²) in [5, 5.41) is 5.87. The molecular formula is C23H18BrN3O3S. The Balaban J connectivity index is 1.49. The van der Waals surface area contributed by atoms with Crippen LogP contribution in [0.1, 0.15) is 15.9 Å². The van der Waals surface area contributed by atoms with Gasteiger partial charge in [0.15, 0.2) is 10.7 Å². The van der Waals surface area contributed by atoms with Gasteiger partial charge in [0.25, 0.3) is 5.91 Å². The lowest BCUT2D eigenvalue weighted by atomic mass is 10.1. The first-order valence-electron chi connectivity index (χ1n) is 9.37. The number of carbonyl (C=O) groups excluding carboxylic acids is 1. The van der Waals surface area contributed by atoms with Gasteiger partial charge in [-0.15, -0.1) is 0 Å². The van der Waals surface area contributed by atoms with E-state index in [1.165, 1.54) is 7.11 Å². The molecule has 1 amide bonds. The number of para-hydroxylation sites is 1. The van der Waals surface area contributed by atoms with Crippen LogP contribution in [0, 0.1) is 6.92 Å². The van der Waals surface area contributed by atoms with Gasteiger partial charge < -0.3 is 14.5 Å². The fourth-order valence-corrected chi connectivity index (χ4v) is 3.63. The SMILES string of the molecule is COc1c(C)cccc1C(=O)NC(=S)Nc1ccc2oc(-c3ccc(Br)cc3)nc2c1. The maximum atomic E-state index is 12.6. The van der Waals surface area contributed by atoms with Gasteiger partial charge in [-0.25, -0.2) is 4.98 Å². The van der Waals surface area contributed by atoms with Gasteiger partial charge in [0.05, 0.1) is 12.7 Å². The molecule has 0 saturated carbocycles. The summed E-state index contributed by atoms with van der Waals surface area (Å²) >= 11 is 8.73. The van der Waals surface area contributed by atoms with E-state index in [1.807, 2.05) is 49.4 Å². The Labute approximate surface area is 192 Å². The van der Waals surface area contributed by atoms with Crippen molar-refractivity contribution in [2.24, 2.45) is 0 Å². The lowest BCUT2D eigenvalue weighted by Gasteiger charge is -2.13. The Hall–Kier alpha value is -3.23. The highest BCUT2D eigenvalue weighted by atomic mass is 79.9. The normalized spacial score (nSPS) is 10.7. The van der Waals surface area contributed by atoms with Crippen LogP contribution in [-0.4, -0.2) is 23.1 Å². The molecule has 0 bridgehead atoms. The number of ether oxygens (including phenoxy) is 1. The molecule has 0 radical (unpaired) electrons. The minimum Gasteiger partial charge on any atom is -0.496 e. The molecule has 0 aliphatic carbocycles. The largest absolute Gasteiger partial charge is 0.496 e. The van der Waals surface area contributed by atoms with Gasteiger partial charge >= 0.3 is 0 Å². The van der Waals surface area contributed by atoms with Crippen molar-refractivity contribution in [3.05, 3.63) is 76.3 Å². The Morgan fingerprint density at radius 1 is 1.13 bits per heavy atom. The van der Waals surface area contributed by atoms with Gasteiger partial charge in [0.2, 0.25) is 5.89 Å². The molecule has 8 heteroatoms. The highest BCUT2D eigenvalue weighted by Gasteiger charge is 2.15. The van der Waals surface area contributed by atoms with Crippen molar-refractivity contribution in [1.29, 1.82) is 0 Å². The average molecular weight is 496 g/mol. The number of fused-ring (bicyclic) bond motifs is 1. The quantitative estimate of drug-likeness (QED) is 0.353. The van der Waals surface area contributed by atoms with E-state index in [2.05, 4.69) is 31.5 Å². The number of anilines is 1. The summed E-state index contributed by atoms with van der Waals surface area (Å²) in [6.07, 6.45) is 0. The molecular weight excluding hydrogens is 478 g/mol. The van der Waals surface area contributed by atoms with E-state index in [1.54, 1.807) is 18.2 Å². The zero-order chi connectivity index (χ0) is 22.0. The Kier molecular flexibility index (Phi) is 6.01. The number of hydrogen-bond acceptors (Lipinski definition) is 5. The summed E-state index contributed by atoms with van der Waals surface area (Å²) in [7, 11) is 1.53. The molecule has 156 valence electrons. The van der Waals surface area contributed by atoms with Crippen molar-refractivity contribution < 1.29 is 13.9 Å². The van der Waals surface area contributed by atoms with E-state index >= 15 is 0 Å². The van der Waals surface area contributed by atoms with Crippen LogP contribution < -0.4 is 15.4 Å². The number of carbonyl (C=O) groups is 1. The first-order valence-corrected chi connectivity index (χ1v) is 10.6. The predicted molar refractivity (Wildman–Crippen MR) is 129 cm³/mol. The number of amides is 1. The van der Waals surface area contributed by atoms with E-state index < -0.39 is 0 Å². The number of rotatable bonds is 4. The van der Waals surface area contributed by atoms with Crippen LogP contribution in [0.4, 0.5) is 5.69 Å². The second kappa shape index (κ2) is 8.87. The molecule has 31 heavy (non-hydrogen) atoms. The number of aryl methyl sites for hydroxylation is 1. The van der Waals surface area contributed by atoms with Gasteiger partial charge in [-0.1, -0.05) is 28.1 Å². The molecule has 1 heterocycles. The van der Waals surface area contributed by atoms with Crippen LogP contribution in [0.5, 0.6) is 5.75 Å². The van der Waals surface area contributed by atoms with Gasteiger partial charge in [-0.2, -0.15) is 0 Å². The van der Waals surface area contributed by atoms with Gasteiger partial charge in [0.1, 0.15) is 11.3 Å². The zero-order valence-electron chi connectivity index (χ0n) is 16.7. The summed E-state index contributed by atoms with van der Waals surface area (Å²) in [4.78, 5) is 17.2. The number of hydrogen-bond donors (Lipinski definition) is 2. The third kappa shape index (κ3) is 4.60. The topological polar surface area (TPSA) is 76.4 Å². The van der Waals surface area contributed by atoms with Crippen LogP contribution in [0.2, 0.25) is 0 Å². The molecule has 0 atom stereocenters. The molecule has 4 aromatic rings. The van der Waals surface area contributed by atoms with Crippen LogP contribution in [0.3, 0.4) is 0 Å². The molecule has 0 fully saturated rings. The second-order valence-electron chi connectivity index (χ2n) is 6.77. The van der Waals surface area contributed by atoms with E-state index in [9.17, 15) is 4.79 Å². The number of halogens is 1. The van der Waals surface area contributed by atoms with Crippen LogP contribution in [-0.2, 0) is 0 Å². The molecule has 0 aliphatic rings. The Morgan fingerprint density at radius 3 is 2.65 bits per heavy atom. The number of nitrogens with zero attached hydrogens (tertiary/aromatic N) is 1. The molecule has 1 aromatic heterocycles. The summed E-state index contributed by atoms with van der Waals surface area (Å²) in [6.45, 7) is 1.88. The molecule has 3 aromatic carbocycles. The van der Waals surface area contributed by atoms with Gasteiger partial charge in [0, 0.05) is 15.7 Å². The van der Waals surface area contributed by atoms with Crippen LogP contribution in [0.25, 0.3) is 22.6 Å². The number of thiocarbonyl (C=S) groups is 1. The summed E-state index contributed by atoms with van der Waals surface area (Å²) in [5.74, 6) is 0.701. The molecule has 0 saturated heterocycles. The van der Waals surface area contributed by atoms with Crippen molar-refractivity contribution in [3.8, 4) is 17.2 Å². The van der Waals surface area contributed by atoms with Crippen molar-refractivity contribution >= 4 is 56.0 Å². The number of oxazole rings is 1. The second-order valence-corrected chi connectivity index (χ2v) is 8.10. The van der Waals surface area contributed by atoms with Crippen LogP contribution in [0.15, 0.2) is 69.6 Å². The number of methoxy groups -OCH3 is 1. The predicted octanol–water partition coefficient (Wildman–Crippen LogP) is 5.70. The lowest BCUT2D eigenvalue weighted by Crippen LogP contribution is -2.34. The fourth-order valence-electron chi connectivity index (χ4n) is 3.16.